The summed E-state index contributed by atoms with van der Waals surface area (Å²) in [6.07, 6.45) is 4.75. The predicted molar refractivity (Wildman–Crippen MR) is 102 cm³/mol. The lowest BCUT2D eigenvalue weighted by Gasteiger charge is -2.24. The zero-order valence-electron chi connectivity index (χ0n) is 15.1. The Labute approximate surface area is 161 Å². The van der Waals surface area contributed by atoms with E-state index in [1.54, 1.807) is 30.6 Å². The van der Waals surface area contributed by atoms with Gasteiger partial charge in [0.05, 0.1) is 17.3 Å². The van der Waals surface area contributed by atoms with E-state index in [0.29, 0.717) is 30.7 Å². The number of aliphatic hydroxyl groups excluding tert-OH is 1. The maximum Gasteiger partial charge on any atom is 0.256 e. The topological polar surface area (TPSA) is 103 Å². The Morgan fingerprint density at radius 3 is 2.61 bits per heavy atom. The van der Waals surface area contributed by atoms with Gasteiger partial charge in [-0.1, -0.05) is 6.07 Å². The van der Waals surface area contributed by atoms with Crippen molar-refractivity contribution in [3.8, 4) is 5.75 Å². The number of hydrogen-bond donors (Lipinski definition) is 2. The first kappa shape index (κ1) is 17.9. The smallest absolute Gasteiger partial charge is 0.256 e. The van der Waals surface area contributed by atoms with E-state index in [1.807, 2.05) is 6.07 Å². The number of aliphatic hydroxyl groups is 1. The summed E-state index contributed by atoms with van der Waals surface area (Å²) in [5.74, 6) is -0.754. The predicted octanol–water partition coefficient (Wildman–Crippen LogP) is 2.62. The molecule has 1 amide bonds. The fourth-order valence-electron chi connectivity index (χ4n) is 3.63. The number of ketones is 1. The van der Waals surface area contributed by atoms with Crippen molar-refractivity contribution in [3.63, 3.8) is 0 Å². The van der Waals surface area contributed by atoms with E-state index >= 15 is 0 Å². The number of aromatic nitrogens is 1. The number of rotatable bonds is 4. The standard InChI is InChI=1S/C21H19N3O4/c25-15-7-5-13(6-8-15)19(26)18-4-2-10-24(18)21(28)16-11-17(23-20(16)27)14-3-1-9-22-12-14/h1,3,5-9,12,18,25,27H,2,4,10-11H2/t18-/m0/s1. The third-order valence-electron chi connectivity index (χ3n) is 5.08. The minimum absolute atomic E-state index is 0.0806. The third kappa shape index (κ3) is 3.26. The number of pyridine rings is 1. The highest BCUT2D eigenvalue weighted by Gasteiger charge is 2.38. The van der Waals surface area contributed by atoms with Crippen LogP contribution in [-0.4, -0.2) is 50.1 Å². The largest absolute Gasteiger partial charge is 0.508 e. The lowest BCUT2D eigenvalue weighted by Crippen LogP contribution is -2.41. The van der Waals surface area contributed by atoms with Gasteiger partial charge in [-0.05, 0) is 43.2 Å². The second kappa shape index (κ2) is 7.26. The van der Waals surface area contributed by atoms with E-state index < -0.39 is 6.04 Å². The van der Waals surface area contributed by atoms with Crippen molar-refractivity contribution < 1.29 is 19.8 Å². The van der Waals surface area contributed by atoms with E-state index in [2.05, 4.69) is 9.98 Å². The molecule has 2 N–H and O–H groups in total. The van der Waals surface area contributed by atoms with Crippen molar-refractivity contribution in [3.05, 3.63) is 71.4 Å². The van der Waals surface area contributed by atoms with Gasteiger partial charge >= 0.3 is 0 Å². The number of phenols is 1. The second-order valence-electron chi connectivity index (χ2n) is 6.85. The molecule has 1 aromatic heterocycles. The van der Waals surface area contributed by atoms with Crippen LogP contribution in [0.4, 0.5) is 0 Å². The van der Waals surface area contributed by atoms with Gasteiger partial charge in [-0.25, -0.2) is 4.99 Å². The number of carbonyl (C=O) groups excluding carboxylic acids is 2. The molecule has 4 rings (SSSR count). The van der Waals surface area contributed by atoms with E-state index in [-0.39, 0.29) is 35.3 Å². The van der Waals surface area contributed by atoms with E-state index in [9.17, 15) is 19.8 Å². The van der Waals surface area contributed by atoms with Gasteiger partial charge in [0.1, 0.15) is 5.75 Å². The Balaban J connectivity index is 1.52. The van der Waals surface area contributed by atoms with E-state index in [0.717, 1.165) is 5.56 Å². The van der Waals surface area contributed by atoms with Crippen molar-refractivity contribution in [1.82, 2.24) is 9.88 Å². The molecule has 0 bridgehead atoms. The number of nitrogens with zero attached hydrogens (tertiary/aromatic N) is 3. The zero-order valence-corrected chi connectivity index (χ0v) is 15.1. The number of carbonyl (C=O) groups is 2. The van der Waals surface area contributed by atoms with Gasteiger partial charge in [0.15, 0.2) is 5.78 Å². The maximum atomic E-state index is 13.1. The molecule has 1 saturated heterocycles. The summed E-state index contributed by atoms with van der Waals surface area (Å²) in [6, 6.07) is 9.01. The number of likely N-dealkylation sites (tertiary alicyclic amines) is 1. The number of aromatic hydroxyl groups is 1. The van der Waals surface area contributed by atoms with Gasteiger partial charge in [0.25, 0.3) is 5.91 Å². The Morgan fingerprint density at radius 2 is 1.89 bits per heavy atom. The van der Waals surface area contributed by atoms with Crippen molar-refractivity contribution >= 4 is 17.4 Å². The zero-order chi connectivity index (χ0) is 19.7. The van der Waals surface area contributed by atoms with Crippen LogP contribution in [0, 0.1) is 0 Å². The summed E-state index contributed by atoms with van der Waals surface area (Å²) in [7, 11) is 0. The number of aliphatic imine (C=N–C) groups is 1. The summed E-state index contributed by atoms with van der Waals surface area (Å²) in [6.45, 7) is 0.451. The van der Waals surface area contributed by atoms with Crippen LogP contribution >= 0.6 is 0 Å². The molecule has 2 aliphatic rings. The van der Waals surface area contributed by atoms with Crippen LogP contribution in [0.5, 0.6) is 5.75 Å². The Bertz CT molecular complexity index is 980. The normalized spacial score (nSPS) is 19.1. The Kier molecular flexibility index (Phi) is 4.65. The molecule has 0 aliphatic carbocycles. The Hall–Kier alpha value is -3.48. The molecule has 1 atom stereocenters. The molecule has 142 valence electrons. The quantitative estimate of drug-likeness (QED) is 0.798. The van der Waals surface area contributed by atoms with Crippen molar-refractivity contribution in [2.75, 3.05) is 6.54 Å². The third-order valence-corrected chi connectivity index (χ3v) is 5.08. The molecular weight excluding hydrogens is 358 g/mol. The summed E-state index contributed by atoms with van der Waals surface area (Å²) in [5, 5.41) is 19.6. The molecule has 3 heterocycles. The van der Waals surface area contributed by atoms with Crippen LogP contribution < -0.4 is 0 Å². The van der Waals surface area contributed by atoms with Crippen LogP contribution in [0.3, 0.4) is 0 Å². The molecule has 7 nitrogen and oxygen atoms in total. The van der Waals surface area contributed by atoms with Gasteiger partial charge in [-0.15, -0.1) is 0 Å². The van der Waals surface area contributed by atoms with Crippen molar-refractivity contribution in [2.45, 2.75) is 25.3 Å². The number of hydrogen-bond acceptors (Lipinski definition) is 6. The van der Waals surface area contributed by atoms with E-state index in [1.165, 1.54) is 17.0 Å². The molecule has 0 spiro atoms. The number of Topliss-reactive ketones (excluding diaryl/α,β-unsaturated/α-hetero) is 1. The highest BCUT2D eigenvalue weighted by Crippen LogP contribution is 2.29. The van der Waals surface area contributed by atoms with E-state index in [4.69, 9.17) is 0 Å². The first-order valence-corrected chi connectivity index (χ1v) is 9.09. The van der Waals surface area contributed by atoms with Crippen LogP contribution in [0.1, 0.15) is 35.2 Å². The number of amides is 1. The minimum Gasteiger partial charge on any atom is -0.508 e. The van der Waals surface area contributed by atoms with Crippen molar-refractivity contribution in [2.24, 2.45) is 4.99 Å². The van der Waals surface area contributed by atoms with Crippen molar-refractivity contribution in [1.29, 1.82) is 0 Å². The van der Waals surface area contributed by atoms with Gasteiger partial charge in [-0.3, -0.25) is 14.6 Å². The fraction of sp³-hybridized carbons (Fsp3) is 0.238. The van der Waals surface area contributed by atoms with Gasteiger partial charge < -0.3 is 15.1 Å². The lowest BCUT2D eigenvalue weighted by atomic mass is 10.0. The molecule has 0 unspecified atom stereocenters. The van der Waals surface area contributed by atoms with Crippen LogP contribution in [0.25, 0.3) is 0 Å². The highest BCUT2D eigenvalue weighted by molar-refractivity contribution is 6.12. The SMILES string of the molecule is O=C(c1ccc(O)cc1)[C@@H]1CCCN1C(=O)C1=C(O)N=C(c2cccnc2)C1. The Morgan fingerprint density at radius 1 is 1.11 bits per heavy atom. The summed E-state index contributed by atoms with van der Waals surface area (Å²) < 4.78 is 0. The minimum atomic E-state index is -0.584. The summed E-state index contributed by atoms with van der Waals surface area (Å²) in [5.41, 5.74) is 1.97. The molecule has 7 heteroatoms. The first-order valence-electron chi connectivity index (χ1n) is 9.09. The summed E-state index contributed by atoms with van der Waals surface area (Å²) >= 11 is 0. The summed E-state index contributed by atoms with van der Waals surface area (Å²) in [4.78, 5) is 35.6. The highest BCUT2D eigenvalue weighted by atomic mass is 16.3. The molecule has 2 aromatic rings. The number of phenolic OH excluding ortho intramolecular Hbond substituents is 1. The average molecular weight is 377 g/mol. The first-order chi connectivity index (χ1) is 13.5. The average Bonchev–Trinajstić information content (AvgIpc) is 3.35. The van der Waals surface area contributed by atoms with Gasteiger partial charge in [0, 0.05) is 36.5 Å². The van der Waals surface area contributed by atoms with Crippen LogP contribution in [0.15, 0.2) is 65.2 Å². The second-order valence-corrected chi connectivity index (χ2v) is 6.85. The molecule has 0 saturated carbocycles. The molecule has 0 radical (unpaired) electrons. The van der Waals surface area contributed by atoms with Crippen LogP contribution in [-0.2, 0) is 4.79 Å². The van der Waals surface area contributed by atoms with Gasteiger partial charge in [0.2, 0.25) is 5.88 Å². The lowest BCUT2D eigenvalue weighted by molar-refractivity contribution is -0.127. The molecule has 28 heavy (non-hydrogen) atoms. The molecule has 1 aromatic carbocycles. The van der Waals surface area contributed by atoms with Crippen LogP contribution in [0.2, 0.25) is 0 Å². The maximum absolute atomic E-state index is 13.1. The fourth-order valence-corrected chi connectivity index (χ4v) is 3.63. The number of benzene rings is 1. The monoisotopic (exact) mass is 377 g/mol. The molecule has 2 aliphatic heterocycles. The van der Waals surface area contributed by atoms with Gasteiger partial charge in [-0.2, -0.15) is 0 Å². The molecule has 1 fully saturated rings. The molecular formula is C21H19N3O4.